The van der Waals surface area contributed by atoms with E-state index >= 15 is 0 Å². The van der Waals surface area contributed by atoms with Gasteiger partial charge in [-0.05, 0) is 23.8 Å². The molecule has 3 aromatic rings. The average molecular weight is 383 g/mol. The largest absolute Gasteiger partial charge is 0.314 e. The standard InChI is InChI=1S/C19H21N5O2S/c25-27(26,17-5-1-3-16-4-2-8-21-19(16)17)23-18-7-6-15(13-22-18)14-24-11-9-20-10-12-24/h1-8,13,20H,9-12,14H2,(H,22,23). The van der Waals surface area contributed by atoms with Gasteiger partial charge in [0.05, 0.1) is 5.52 Å². The Balaban J connectivity index is 1.52. The number of hydrogen-bond donors (Lipinski definition) is 2. The van der Waals surface area contributed by atoms with Crippen LogP contribution in [0.1, 0.15) is 5.56 Å². The molecular formula is C19H21N5O2S. The Labute approximate surface area is 158 Å². The second kappa shape index (κ2) is 7.59. The molecule has 2 aromatic heterocycles. The molecule has 0 radical (unpaired) electrons. The maximum absolute atomic E-state index is 12.8. The van der Waals surface area contributed by atoms with Gasteiger partial charge in [0.15, 0.2) is 0 Å². The molecule has 0 spiro atoms. The van der Waals surface area contributed by atoms with Crippen LogP contribution < -0.4 is 10.0 Å². The highest BCUT2D eigenvalue weighted by Gasteiger charge is 2.19. The summed E-state index contributed by atoms with van der Waals surface area (Å²) >= 11 is 0. The lowest BCUT2D eigenvalue weighted by atomic mass is 10.2. The molecule has 0 atom stereocenters. The highest BCUT2D eigenvalue weighted by molar-refractivity contribution is 7.93. The van der Waals surface area contributed by atoms with Gasteiger partial charge in [-0.1, -0.05) is 24.3 Å². The van der Waals surface area contributed by atoms with Crippen molar-refractivity contribution in [1.29, 1.82) is 0 Å². The van der Waals surface area contributed by atoms with E-state index in [9.17, 15) is 8.42 Å². The molecule has 0 saturated carbocycles. The summed E-state index contributed by atoms with van der Waals surface area (Å²) in [6.45, 7) is 4.80. The van der Waals surface area contributed by atoms with E-state index in [1.54, 1.807) is 36.7 Å². The molecule has 2 N–H and O–H groups in total. The minimum absolute atomic E-state index is 0.146. The monoisotopic (exact) mass is 383 g/mol. The molecule has 1 fully saturated rings. The van der Waals surface area contributed by atoms with Gasteiger partial charge in [-0.25, -0.2) is 13.4 Å². The number of pyridine rings is 2. The molecule has 4 rings (SSSR count). The van der Waals surface area contributed by atoms with Crippen molar-refractivity contribution in [3.63, 3.8) is 0 Å². The zero-order chi connectivity index (χ0) is 18.7. The van der Waals surface area contributed by atoms with E-state index in [-0.39, 0.29) is 4.90 Å². The number of para-hydroxylation sites is 1. The number of sulfonamides is 1. The fourth-order valence-electron chi connectivity index (χ4n) is 3.19. The lowest BCUT2D eigenvalue weighted by molar-refractivity contribution is 0.233. The van der Waals surface area contributed by atoms with Gasteiger partial charge in [0.25, 0.3) is 10.0 Å². The summed E-state index contributed by atoms with van der Waals surface area (Å²) < 4.78 is 28.2. The SMILES string of the molecule is O=S(=O)(Nc1ccc(CN2CCNCC2)cn1)c1cccc2cccnc12. The fourth-order valence-corrected chi connectivity index (χ4v) is 4.38. The summed E-state index contributed by atoms with van der Waals surface area (Å²) in [5.74, 6) is 0.298. The van der Waals surface area contributed by atoms with Gasteiger partial charge in [0.2, 0.25) is 0 Å². The predicted molar refractivity (Wildman–Crippen MR) is 105 cm³/mol. The zero-order valence-electron chi connectivity index (χ0n) is 14.8. The van der Waals surface area contributed by atoms with E-state index in [0.717, 1.165) is 43.7 Å². The third-order valence-electron chi connectivity index (χ3n) is 4.56. The summed E-state index contributed by atoms with van der Waals surface area (Å²) in [4.78, 5) is 11.0. The summed E-state index contributed by atoms with van der Waals surface area (Å²) in [5.41, 5.74) is 1.51. The fraction of sp³-hybridized carbons (Fsp3) is 0.263. The van der Waals surface area contributed by atoms with E-state index in [0.29, 0.717) is 11.3 Å². The quantitative estimate of drug-likeness (QED) is 0.699. The number of benzene rings is 1. The molecule has 1 saturated heterocycles. The van der Waals surface area contributed by atoms with E-state index in [1.807, 2.05) is 18.2 Å². The van der Waals surface area contributed by atoms with Crippen LogP contribution in [0, 0.1) is 0 Å². The molecular weight excluding hydrogens is 362 g/mol. The molecule has 0 bridgehead atoms. The second-order valence-electron chi connectivity index (χ2n) is 6.51. The molecule has 0 aliphatic carbocycles. The summed E-state index contributed by atoms with van der Waals surface area (Å²) in [7, 11) is -3.77. The Morgan fingerprint density at radius 1 is 1.04 bits per heavy atom. The highest BCUT2D eigenvalue weighted by atomic mass is 32.2. The Kier molecular flexibility index (Phi) is 5.02. The first-order valence-corrected chi connectivity index (χ1v) is 10.3. The van der Waals surface area contributed by atoms with Crippen molar-refractivity contribution in [1.82, 2.24) is 20.2 Å². The topological polar surface area (TPSA) is 87.2 Å². The Bertz CT molecular complexity index is 1030. The highest BCUT2D eigenvalue weighted by Crippen LogP contribution is 2.22. The van der Waals surface area contributed by atoms with Crippen LogP contribution in [0.4, 0.5) is 5.82 Å². The minimum atomic E-state index is -3.77. The van der Waals surface area contributed by atoms with E-state index in [4.69, 9.17) is 0 Å². The van der Waals surface area contributed by atoms with Crippen LogP contribution in [0.2, 0.25) is 0 Å². The molecule has 8 heteroatoms. The first-order chi connectivity index (χ1) is 13.1. The van der Waals surface area contributed by atoms with Crippen LogP contribution in [-0.4, -0.2) is 49.5 Å². The van der Waals surface area contributed by atoms with Gasteiger partial charge in [0.1, 0.15) is 10.7 Å². The summed E-state index contributed by atoms with van der Waals surface area (Å²) in [5, 5.41) is 4.10. The van der Waals surface area contributed by atoms with E-state index < -0.39 is 10.0 Å². The smallest absolute Gasteiger partial charge is 0.265 e. The number of nitrogens with one attached hydrogen (secondary N) is 2. The summed E-state index contributed by atoms with van der Waals surface area (Å²) in [6.07, 6.45) is 3.31. The maximum atomic E-state index is 12.8. The Morgan fingerprint density at radius 3 is 2.63 bits per heavy atom. The predicted octanol–water partition coefficient (Wildman–Crippen LogP) is 1.84. The third-order valence-corrected chi connectivity index (χ3v) is 5.95. The number of hydrogen-bond acceptors (Lipinski definition) is 6. The molecule has 3 heterocycles. The lowest BCUT2D eigenvalue weighted by Gasteiger charge is -2.27. The van der Waals surface area contributed by atoms with Crippen LogP contribution in [0.25, 0.3) is 10.9 Å². The molecule has 1 aromatic carbocycles. The molecule has 1 aliphatic rings. The van der Waals surface area contributed by atoms with Gasteiger partial charge >= 0.3 is 0 Å². The Morgan fingerprint density at radius 2 is 1.85 bits per heavy atom. The van der Waals surface area contributed by atoms with Crippen molar-refractivity contribution >= 4 is 26.7 Å². The molecule has 7 nitrogen and oxygen atoms in total. The molecule has 140 valence electrons. The Hall–Kier alpha value is -2.55. The third kappa shape index (κ3) is 4.08. The minimum Gasteiger partial charge on any atom is -0.314 e. The van der Waals surface area contributed by atoms with Crippen molar-refractivity contribution in [2.24, 2.45) is 0 Å². The number of fused-ring (bicyclic) bond motifs is 1. The second-order valence-corrected chi connectivity index (χ2v) is 8.17. The van der Waals surface area contributed by atoms with Crippen molar-refractivity contribution in [3.8, 4) is 0 Å². The number of nitrogens with zero attached hydrogens (tertiary/aromatic N) is 3. The van der Waals surface area contributed by atoms with E-state index in [1.165, 1.54) is 0 Å². The van der Waals surface area contributed by atoms with Gasteiger partial charge in [-0.2, -0.15) is 0 Å². The summed E-state index contributed by atoms with van der Waals surface area (Å²) in [6, 6.07) is 12.3. The molecule has 27 heavy (non-hydrogen) atoms. The van der Waals surface area contributed by atoms with Gasteiger partial charge in [-0.15, -0.1) is 0 Å². The number of rotatable bonds is 5. The average Bonchev–Trinajstić information content (AvgIpc) is 2.70. The van der Waals surface area contributed by atoms with Crippen molar-refractivity contribution < 1.29 is 8.42 Å². The lowest BCUT2D eigenvalue weighted by Crippen LogP contribution is -2.42. The normalized spacial score (nSPS) is 15.7. The molecule has 0 unspecified atom stereocenters. The van der Waals surface area contributed by atoms with Crippen molar-refractivity contribution in [3.05, 3.63) is 60.4 Å². The van der Waals surface area contributed by atoms with Crippen LogP contribution >= 0.6 is 0 Å². The first kappa shape index (κ1) is 17.8. The van der Waals surface area contributed by atoms with Crippen LogP contribution in [0.15, 0.2) is 59.8 Å². The van der Waals surface area contributed by atoms with Crippen molar-refractivity contribution in [2.75, 3.05) is 30.9 Å². The van der Waals surface area contributed by atoms with Crippen LogP contribution in [0.5, 0.6) is 0 Å². The van der Waals surface area contributed by atoms with Gasteiger partial charge < -0.3 is 5.32 Å². The number of piperazine rings is 1. The number of aromatic nitrogens is 2. The zero-order valence-corrected chi connectivity index (χ0v) is 15.6. The molecule has 1 aliphatic heterocycles. The van der Waals surface area contributed by atoms with Gasteiger partial charge in [0, 0.05) is 50.5 Å². The van der Waals surface area contributed by atoms with Crippen LogP contribution in [-0.2, 0) is 16.6 Å². The van der Waals surface area contributed by atoms with Crippen LogP contribution in [0.3, 0.4) is 0 Å². The van der Waals surface area contributed by atoms with E-state index in [2.05, 4.69) is 24.9 Å². The molecule has 0 amide bonds. The van der Waals surface area contributed by atoms with Crippen molar-refractivity contribution in [2.45, 2.75) is 11.4 Å². The maximum Gasteiger partial charge on any atom is 0.265 e. The first-order valence-electron chi connectivity index (χ1n) is 8.86. The van der Waals surface area contributed by atoms with Gasteiger partial charge in [-0.3, -0.25) is 14.6 Å². The number of anilines is 1.